The lowest BCUT2D eigenvalue weighted by atomic mass is 9.88. The van der Waals surface area contributed by atoms with Gasteiger partial charge in [0.25, 0.3) is 0 Å². The van der Waals surface area contributed by atoms with E-state index in [1.807, 2.05) is 19.1 Å². The standard InChI is InChI=1S/C23H23F3O3/c1-3-5-16-8-6-14(12-28-16)17-9-7-13-10-15-11-18(27-4-2)20(25)21(26)23(15)29-22(13)19(17)24/h3,5,7,9,11,14,16H,4,6,8,10,12H2,1-2H3/b5-3+. The molecule has 3 nitrogen and oxygen atoms in total. The molecule has 0 radical (unpaired) electrons. The highest BCUT2D eigenvalue weighted by Gasteiger charge is 2.31. The van der Waals surface area contributed by atoms with Crippen molar-refractivity contribution in [2.75, 3.05) is 13.2 Å². The molecule has 4 rings (SSSR count). The van der Waals surface area contributed by atoms with Gasteiger partial charge in [0.2, 0.25) is 11.6 Å². The third kappa shape index (κ3) is 3.62. The molecule has 2 aliphatic heterocycles. The van der Waals surface area contributed by atoms with E-state index in [0.717, 1.165) is 12.8 Å². The Labute approximate surface area is 168 Å². The Balaban J connectivity index is 1.63. The Morgan fingerprint density at radius 3 is 2.55 bits per heavy atom. The van der Waals surface area contributed by atoms with Gasteiger partial charge in [0.1, 0.15) is 0 Å². The first-order chi connectivity index (χ1) is 14.0. The van der Waals surface area contributed by atoms with Crippen molar-refractivity contribution in [2.45, 2.75) is 45.1 Å². The van der Waals surface area contributed by atoms with Crippen LogP contribution in [0.15, 0.2) is 30.4 Å². The van der Waals surface area contributed by atoms with E-state index in [0.29, 0.717) is 23.3 Å². The minimum Gasteiger partial charge on any atom is -0.491 e. The Kier molecular flexibility index (Phi) is 5.54. The Morgan fingerprint density at radius 1 is 1.07 bits per heavy atom. The summed E-state index contributed by atoms with van der Waals surface area (Å²) in [6.07, 6.45) is 5.81. The third-order valence-corrected chi connectivity index (χ3v) is 5.46. The Bertz CT molecular complexity index is 947. The largest absolute Gasteiger partial charge is 0.491 e. The zero-order valence-electron chi connectivity index (χ0n) is 16.4. The number of halogens is 3. The monoisotopic (exact) mass is 404 g/mol. The molecule has 0 N–H and O–H groups in total. The van der Waals surface area contributed by atoms with Crippen LogP contribution in [0.3, 0.4) is 0 Å². The van der Waals surface area contributed by atoms with Crippen molar-refractivity contribution in [3.63, 3.8) is 0 Å². The number of allylic oxidation sites excluding steroid dienone is 1. The molecule has 0 saturated carbocycles. The van der Waals surface area contributed by atoms with Crippen LogP contribution in [0.5, 0.6) is 17.2 Å². The van der Waals surface area contributed by atoms with Crippen molar-refractivity contribution in [1.82, 2.24) is 0 Å². The van der Waals surface area contributed by atoms with Gasteiger partial charge in [-0.15, -0.1) is 0 Å². The van der Waals surface area contributed by atoms with Gasteiger partial charge < -0.3 is 14.2 Å². The smallest absolute Gasteiger partial charge is 0.205 e. The van der Waals surface area contributed by atoms with E-state index in [2.05, 4.69) is 0 Å². The summed E-state index contributed by atoms with van der Waals surface area (Å²) in [4.78, 5) is 0. The number of hydrogen-bond donors (Lipinski definition) is 0. The zero-order valence-corrected chi connectivity index (χ0v) is 16.4. The van der Waals surface area contributed by atoms with Crippen LogP contribution >= 0.6 is 0 Å². The molecule has 29 heavy (non-hydrogen) atoms. The first kappa shape index (κ1) is 19.8. The van der Waals surface area contributed by atoms with E-state index in [4.69, 9.17) is 14.2 Å². The molecule has 2 aromatic carbocycles. The second-order valence-corrected chi connectivity index (χ2v) is 7.33. The van der Waals surface area contributed by atoms with E-state index in [9.17, 15) is 8.78 Å². The molecule has 2 atom stereocenters. The number of rotatable bonds is 4. The van der Waals surface area contributed by atoms with Gasteiger partial charge in [-0.3, -0.25) is 0 Å². The molecule has 0 bridgehead atoms. The fourth-order valence-corrected chi connectivity index (χ4v) is 4.01. The Hall–Kier alpha value is -2.47. The summed E-state index contributed by atoms with van der Waals surface area (Å²) in [7, 11) is 0. The van der Waals surface area contributed by atoms with Crippen LogP contribution in [0.25, 0.3) is 0 Å². The predicted molar refractivity (Wildman–Crippen MR) is 103 cm³/mol. The molecule has 0 spiro atoms. The first-order valence-corrected chi connectivity index (χ1v) is 9.90. The van der Waals surface area contributed by atoms with Gasteiger partial charge in [-0.1, -0.05) is 24.3 Å². The molecule has 6 heteroatoms. The molecule has 154 valence electrons. The minimum atomic E-state index is -1.16. The van der Waals surface area contributed by atoms with Gasteiger partial charge in [0.05, 0.1) is 19.3 Å². The molecule has 0 aliphatic carbocycles. The van der Waals surface area contributed by atoms with Crippen molar-refractivity contribution in [1.29, 1.82) is 0 Å². The average Bonchev–Trinajstić information content (AvgIpc) is 2.72. The lowest BCUT2D eigenvalue weighted by Crippen LogP contribution is -2.24. The van der Waals surface area contributed by atoms with Crippen LogP contribution in [0.2, 0.25) is 0 Å². The van der Waals surface area contributed by atoms with Gasteiger partial charge in [-0.05, 0) is 38.3 Å². The van der Waals surface area contributed by atoms with E-state index >= 15 is 4.39 Å². The summed E-state index contributed by atoms with van der Waals surface area (Å²) >= 11 is 0. The topological polar surface area (TPSA) is 27.7 Å². The molecule has 1 saturated heterocycles. The first-order valence-electron chi connectivity index (χ1n) is 9.90. The molecule has 0 amide bonds. The Morgan fingerprint density at radius 2 is 1.86 bits per heavy atom. The number of fused-ring (bicyclic) bond motifs is 2. The maximum absolute atomic E-state index is 15.3. The van der Waals surface area contributed by atoms with Gasteiger partial charge >= 0.3 is 0 Å². The van der Waals surface area contributed by atoms with Crippen LogP contribution in [0.4, 0.5) is 13.2 Å². The van der Waals surface area contributed by atoms with Crippen LogP contribution in [0.1, 0.15) is 49.3 Å². The van der Waals surface area contributed by atoms with Crippen LogP contribution in [-0.2, 0) is 11.2 Å². The summed E-state index contributed by atoms with van der Waals surface area (Å²) in [5.74, 6) is -3.38. The molecule has 2 unspecified atom stereocenters. The van der Waals surface area contributed by atoms with Crippen LogP contribution in [-0.4, -0.2) is 19.3 Å². The second kappa shape index (κ2) is 8.11. The highest BCUT2D eigenvalue weighted by Crippen LogP contribution is 2.45. The lowest BCUT2D eigenvalue weighted by Gasteiger charge is -2.29. The fraction of sp³-hybridized carbons (Fsp3) is 0.391. The van der Waals surface area contributed by atoms with E-state index in [1.54, 1.807) is 19.1 Å². The molecule has 1 fully saturated rings. The summed E-state index contributed by atoms with van der Waals surface area (Å²) in [6.45, 7) is 4.24. The third-order valence-electron chi connectivity index (χ3n) is 5.46. The van der Waals surface area contributed by atoms with Crippen LogP contribution < -0.4 is 9.47 Å². The van der Waals surface area contributed by atoms with Crippen molar-refractivity contribution >= 4 is 0 Å². The van der Waals surface area contributed by atoms with Crippen molar-refractivity contribution in [3.05, 3.63) is 64.5 Å². The summed E-state index contributed by atoms with van der Waals surface area (Å²) in [6, 6.07) is 4.95. The maximum Gasteiger partial charge on any atom is 0.205 e. The molecule has 2 heterocycles. The van der Waals surface area contributed by atoms with Gasteiger partial charge in [-0.2, -0.15) is 8.78 Å². The fourth-order valence-electron chi connectivity index (χ4n) is 4.01. The zero-order chi connectivity index (χ0) is 20.5. The van der Waals surface area contributed by atoms with E-state index < -0.39 is 17.5 Å². The van der Waals surface area contributed by atoms with E-state index in [1.165, 1.54) is 6.07 Å². The predicted octanol–water partition coefficient (Wildman–Crippen LogP) is 6.04. The molecule has 2 aromatic rings. The van der Waals surface area contributed by atoms with Crippen molar-refractivity contribution in [3.8, 4) is 17.2 Å². The lowest BCUT2D eigenvalue weighted by molar-refractivity contribution is 0.0318. The maximum atomic E-state index is 15.3. The summed E-state index contributed by atoms with van der Waals surface area (Å²) in [5, 5.41) is 0. The number of ether oxygens (including phenoxy) is 3. The van der Waals surface area contributed by atoms with Gasteiger partial charge in [0, 0.05) is 23.5 Å². The average molecular weight is 404 g/mol. The SMILES string of the molecule is C/C=C/C1CCC(c2ccc3c(c2F)Oc2c(cc(OCC)c(F)c2F)C3)CO1. The highest BCUT2D eigenvalue weighted by atomic mass is 19.2. The number of hydrogen-bond acceptors (Lipinski definition) is 3. The highest BCUT2D eigenvalue weighted by molar-refractivity contribution is 5.55. The molecule has 2 aliphatic rings. The summed E-state index contributed by atoms with van der Waals surface area (Å²) < 4.78 is 60.5. The van der Waals surface area contributed by atoms with Gasteiger partial charge in [0.15, 0.2) is 23.1 Å². The van der Waals surface area contributed by atoms with Crippen molar-refractivity contribution < 1.29 is 27.4 Å². The normalized spacial score (nSPS) is 20.9. The second-order valence-electron chi connectivity index (χ2n) is 7.33. The van der Waals surface area contributed by atoms with Crippen molar-refractivity contribution in [2.24, 2.45) is 0 Å². The molecular weight excluding hydrogens is 381 g/mol. The molecule has 0 aromatic heterocycles. The van der Waals surface area contributed by atoms with Crippen LogP contribution in [0, 0.1) is 17.5 Å². The summed E-state index contributed by atoms with van der Waals surface area (Å²) in [5.41, 5.74) is 1.51. The van der Waals surface area contributed by atoms with Gasteiger partial charge in [-0.25, -0.2) is 4.39 Å². The number of benzene rings is 2. The quantitative estimate of drug-likeness (QED) is 0.497. The minimum absolute atomic E-state index is 0.0342. The van der Waals surface area contributed by atoms with E-state index in [-0.39, 0.29) is 42.3 Å². The molecular formula is C23H23F3O3.